The minimum atomic E-state index is -2.85. The number of benzene rings is 1. The predicted molar refractivity (Wildman–Crippen MR) is 219 cm³/mol. The molecule has 18 heteroatoms. The molecule has 3 aliphatic heterocycles. The van der Waals surface area contributed by atoms with Crippen molar-refractivity contribution < 1.29 is 23.2 Å². The highest BCUT2D eigenvalue weighted by Crippen LogP contribution is 2.36. The Morgan fingerprint density at radius 3 is 2.50 bits per heavy atom. The zero-order valence-corrected chi connectivity index (χ0v) is 33.5. The lowest BCUT2D eigenvalue weighted by atomic mass is 9.85. The number of amides is 3. The number of imidazole rings is 1. The maximum Gasteiger partial charge on any atom is 0.329 e. The second-order valence-corrected chi connectivity index (χ2v) is 16.4. The molecule has 314 valence electrons. The van der Waals surface area contributed by atoms with Crippen molar-refractivity contribution in [2.75, 3.05) is 62.6 Å². The third-order valence-electron chi connectivity index (χ3n) is 12.6. The Morgan fingerprint density at radius 1 is 0.983 bits per heavy atom. The van der Waals surface area contributed by atoms with Gasteiger partial charge in [0.1, 0.15) is 17.4 Å². The molecule has 1 atom stereocenters. The van der Waals surface area contributed by atoms with E-state index in [1.165, 1.54) is 19.8 Å². The third kappa shape index (κ3) is 7.79. The number of carbonyl (C=O) groups excluding carboxylic acids is 3. The largest absolute Gasteiger partial charge is 0.357 e. The molecule has 1 unspecified atom stereocenters. The van der Waals surface area contributed by atoms with E-state index in [1.807, 2.05) is 24.3 Å². The highest BCUT2D eigenvalue weighted by Gasteiger charge is 2.32. The van der Waals surface area contributed by atoms with E-state index in [2.05, 4.69) is 52.4 Å². The normalized spacial score (nSPS) is 21.8. The summed E-state index contributed by atoms with van der Waals surface area (Å²) in [7, 11) is 1.68. The van der Waals surface area contributed by atoms with Gasteiger partial charge in [-0.1, -0.05) is 17.9 Å². The Hall–Kier alpha value is -5.93. The molecule has 4 aliphatic rings. The summed E-state index contributed by atoms with van der Waals surface area (Å²) in [5, 5.41) is 13.6. The zero-order chi connectivity index (χ0) is 41.5. The maximum absolute atomic E-state index is 14.2. The van der Waals surface area contributed by atoms with E-state index in [-0.39, 0.29) is 41.7 Å². The fraction of sp³-hybridized carbons (Fsp3) is 0.500. The molecule has 7 heterocycles. The summed E-state index contributed by atoms with van der Waals surface area (Å²) in [5.74, 6) is 6.47. The molecule has 16 nitrogen and oxygen atoms in total. The van der Waals surface area contributed by atoms with E-state index < -0.39 is 30.0 Å². The number of hydrogen-bond donors (Lipinski definition) is 2. The maximum atomic E-state index is 14.2. The van der Waals surface area contributed by atoms with Gasteiger partial charge in [0.2, 0.25) is 11.8 Å². The topological polar surface area (TPSA) is 160 Å². The number of rotatable bonds is 9. The van der Waals surface area contributed by atoms with Crippen LogP contribution in [0, 0.1) is 17.8 Å². The van der Waals surface area contributed by atoms with Crippen LogP contribution in [-0.4, -0.2) is 113 Å². The van der Waals surface area contributed by atoms with Crippen LogP contribution in [0.2, 0.25) is 0 Å². The van der Waals surface area contributed by atoms with Crippen molar-refractivity contribution in [3.8, 4) is 11.8 Å². The van der Waals surface area contributed by atoms with Gasteiger partial charge in [0.25, 0.3) is 12.3 Å². The number of fused-ring (bicyclic) bond motifs is 2. The molecule has 1 aliphatic carbocycles. The molecule has 0 bridgehead atoms. The number of anilines is 2. The van der Waals surface area contributed by atoms with Crippen LogP contribution in [0.1, 0.15) is 91.5 Å². The van der Waals surface area contributed by atoms with Crippen LogP contribution in [0.5, 0.6) is 0 Å². The molecule has 0 radical (unpaired) electrons. The standard InChI is InChI=1S/C42H48F2N12O4/c1-50-37-28(6-4-8-32(37)56(42(50)60)33-13-14-35(57)48-41(33)59)7-5-16-51-20-22-52(23-21-51)25-27-9-11-29(12-10-27)55-26-31(36(49-55)38(43)44)46-40(58)30-24-45-54-19-15-34(47-39(30)54)53-17-2-3-18-53/h4,6,8,15,19,24,26-27,29,33,38H,2-3,9-14,16-18,20-23,25H2,1H3,(H,46,58)(H,48,57,59). The smallest absolute Gasteiger partial charge is 0.329 e. The van der Waals surface area contributed by atoms with Crippen LogP contribution in [0.25, 0.3) is 16.7 Å². The van der Waals surface area contributed by atoms with Gasteiger partial charge in [-0.3, -0.25) is 38.4 Å². The minimum absolute atomic E-state index is 0.00118. The summed E-state index contributed by atoms with van der Waals surface area (Å²) in [6.07, 6.45) is 8.01. The van der Waals surface area contributed by atoms with Crippen LogP contribution in [0.15, 0.2) is 47.7 Å². The van der Waals surface area contributed by atoms with Gasteiger partial charge in [-0.15, -0.1) is 0 Å². The number of para-hydroxylation sites is 1. The molecule has 4 fully saturated rings. The summed E-state index contributed by atoms with van der Waals surface area (Å²) in [5.41, 5.74) is 1.81. The van der Waals surface area contributed by atoms with Gasteiger partial charge in [0.15, 0.2) is 11.3 Å². The monoisotopic (exact) mass is 822 g/mol. The first-order valence-electron chi connectivity index (χ1n) is 20.9. The second-order valence-electron chi connectivity index (χ2n) is 16.4. The van der Waals surface area contributed by atoms with Crippen molar-refractivity contribution in [2.45, 2.75) is 69.9 Å². The summed E-state index contributed by atoms with van der Waals surface area (Å²) >= 11 is 0. The molecule has 4 aromatic heterocycles. The molecule has 0 spiro atoms. The van der Waals surface area contributed by atoms with Gasteiger partial charge in [-0.2, -0.15) is 10.2 Å². The Morgan fingerprint density at radius 2 is 1.75 bits per heavy atom. The van der Waals surface area contributed by atoms with Crippen molar-refractivity contribution in [1.29, 1.82) is 0 Å². The van der Waals surface area contributed by atoms with Crippen LogP contribution in [0.3, 0.4) is 0 Å². The number of piperidine rings is 1. The van der Waals surface area contributed by atoms with Gasteiger partial charge in [0.05, 0.1) is 41.1 Å². The highest BCUT2D eigenvalue weighted by molar-refractivity contribution is 6.08. The van der Waals surface area contributed by atoms with E-state index in [1.54, 1.807) is 24.1 Å². The molecule has 3 amide bonds. The number of piperazine rings is 1. The number of aromatic nitrogens is 7. The fourth-order valence-electron chi connectivity index (χ4n) is 9.28. The first-order chi connectivity index (χ1) is 29.1. The Balaban J connectivity index is 0.769. The molecule has 1 saturated carbocycles. The van der Waals surface area contributed by atoms with E-state index in [9.17, 15) is 28.0 Å². The molecule has 9 rings (SSSR count). The molecule has 3 saturated heterocycles. The van der Waals surface area contributed by atoms with Crippen molar-refractivity contribution in [3.05, 3.63) is 70.2 Å². The van der Waals surface area contributed by atoms with Crippen molar-refractivity contribution in [2.24, 2.45) is 13.0 Å². The second kappa shape index (κ2) is 16.6. The summed E-state index contributed by atoms with van der Waals surface area (Å²) in [4.78, 5) is 62.7. The van der Waals surface area contributed by atoms with Gasteiger partial charge < -0.3 is 15.1 Å². The van der Waals surface area contributed by atoms with Crippen molar-refractivity contribution >= 4 is 45.9 Å². The van der Waals surface area contributed by atoms with Gasteiger partial charge >= 0.3 is 5.69 Å². The summed E-state index contributed by atoms with van der Waals surface area (Å²) in [6.45, 7) is 6.94. The quantitative estimate of drug-likeness (QED) is 0.166. The van der Waals surface area contributed by atoms with E-state index in [4.69, 9.17) is 0 Å². The lowest BCUT2D eigenvalue weighted by Gasteiger charge is -2.37. The van der Waals surface area contributed by atoms with Crippen molar-refractivity contribution in [3.63, 3.8) is 0 Å². The predicted octanol–water partition coefficient (Wildman–Crippen LogP) is 3.75. The first kappa shape index (κ1) is 39.5. The van der Waals surface area contributed by atoms with Crippen molar-refractivity contribution in [1.82, 2.24) is 48.6 Å². The number of halogens is 2. The van der Waals surface area contributed by atoms with Gasteiger partial charge in [0, 0.05) is 71.7 Å². The number of carbonyl (C=O) groups is 3. The van der Waals surface area contributed by atoms with Gasteiger partial charge in [-0.05, 0) is 69.1 Å². The average molecular weight is 823 g/mol. The number of hydrogen-bond acceptors (Lipinski definition) is 10. The fourth-order valence-corrected chi connectivity index (χ4v) is 9.28. The van der Waals surface area contributed by atoms with E-state index >= 15 is 0 Å². The van der Waals surface area contributed by atoms with Crippen LogP contribution in [-0.2, 0) is 16.6 Å². The Bertz CT molecular complexity index is 2560. The SMILES string of the molecule is Cn1c(=O)n(C2CCC(=O)NC2=O)c2cccc(C#CCN3CCN(CC4CCC(n5cc(NC(=O)c6cnn7ccc(N8CCCC8)nc67)c(C(F)F)n5)CC4)CC3)c21. The highest BCUT2D eigenvalue weighted by atomic mass is 19.3. The number of alkyl halides is 2. The molecule has 1 aromatic carbocycles. The summed E-state index contributed by atoms with van der Waals surface area (Å²) in [6, 6.07) is 6.60. The number of aryl methyl sites for hydroxylation is 1. The first-order valence-corrected chi connectivity index (χ1v) is 20.9. The van der Waals surface area contributed by atoms with Crippen LogP contribution >= 0.6 is 0 Å². The third-order valence-corrected chi connectivity index (χ3v) is 12.6. The summed E-state index contributed by atoms with van der Waals surface area (Å²) < 4.78 is 34.6. The average Bonchev–Trinajstić information content (AvgIpc) is 4.06. The number of imide groups is 1. The molecule has 60 heavy (non-hydrogen) atoms. The molecular formula is C42H48F2N12O4. The molecule has 5 aromatic rings. The number of nitrogens with one attached hydrogen (secondary N) is 2. The molecular weight excluding hydrogens is 775 g/mol. The van der Waals surface area contributed by atoms with E-state index in [0.717, 1.165) is 90.2 Å². The lowest BCUT2D eigenvalue weighted by Crippen LogP contribution is -2.48. The van der Waals surface area contributed by atoms with Gasteiger partial charge in [-0.25, -0.2) is 23.1 Å². The Kier molecular flexibility index (Phi) is 10.9. The Labute approximate surface area is 344 Å². The molecule has 2 N–H and O–H groups in total. The van der Waals surface area contributed by atoms with Crippen LogP contribution < -0.4 is 21.2 Å². The number of nitrogens with zero attached hydrogens (tertiary/aromatic N) is 10. The minimum Gasteiger partial charge on any atom is -0.357 e. The van der Waals surface area contributed by atoms with E-state index in [0.29, 0.717) is 34.7 Å². The van der Waals surface area contributed by atoms with Crippen LogP contribution in [0.4, 0.5) is 20.3 Å². The zero-order valence-electron chi connectivity index (χ0n) is 33.5. The lowest BCUT2D eigenvalue weighted by molar-refractivity contribution is -0.135.